The zero-order valence-electron chi connectivity index (χ0n) is 9.22. The van der Waals surface area contributed by atoms with Crippen LogP contribution in [0.25, 0.3) is 0 Å². The number of aliphatic carboxylic acids is 1. The lowest BCUT2D eigenvalue weighted by molar-refractivity contribution is -0.135. The van der Waals surface area contributed by atoms with Crippen LogP contribution in [0.5, 0.6) is 0 Å². The van der Waals surface area contributed by atoms with Crippen LogP contribution >= 0.6 is 11.6 Å². The molecule has 1 aromatic rings. The van der Waals surface area contributed by atoms with Crippen molar-refractivity contribution >= 4 is 23.4 Å². The van der Waals surface area contributed by atoms with Crippen molar-refractivity contribution in [2.75, 3.05) is 18.0 Å². The van der Waals surface area contributed by atoms with Crippen molar-refractivity contribution in [1.29, 1.82) is 0 Å². The quantitative estimate of drug-likeness (QED) is 0.852. The predicted octanol–water partition coefficient (Wildman–Crippen LogP) is 1.68. The van der Waals surface area contributed by atoms with E-state index in [1.165, 1.54) is 12.4 Å². The number of hydrogen-bond donors (Lipinski definition) is 1. The summed E-state index contributed by atoms with van der Waals surface area (Å²) in [6, 6.07) is 0. The van der Waals surface area contributed by atoms with Crippen LogP contribution in [0.3, 0.4) is 0 Å². The van der Waals surface area contributed by atoms with Crippen LogP contribution in [0.15, 0.2) is 12.4 Å². The Kier molecular flexibility index (Phi) is 4.49. The molecule has 0 atom stereocenters. The van der Waals surface area contributed by atoms with Crippen molar-refractivity contribution in [3.63, 3.8) is 0 Å². The van der Waals surface area contributed by atoms with Crippen molar-refractivity contribution in [3.05, 3.63) is 17.5 Å². The maximum absolute atomic E-state index is 10.7. The molecule has 0 amide bonds. The molecule has 0 aliphatic rings. The van der Waals surface area contributed by atoms with Crippen LogP contribution < -0.4 is 4.90 Å². The van der Waals surface area contributed by atoms with E-state index in [0.717, 1.165) is 0 Å². The summed E-state index contributed by atoms with van der Waals surface area (Å²) in [7, 11) is 0. The van der Waals surface area contributed by atoms with Gasteiger partial charge < -0.3 is 10.0 Å². The Hall–Kier alpha value is -1.36. The maximum atomic E-state index is 10.7. The molecule has 1 heterocycles. The molecule has 0 spiro atoms. The standard InChI is InChI=1S/C10H14ClN3O2/c1-7(2)5-14(6-10(15)16)9-4-12-3-8(11)13-9/h3-4,7H,5-6H2,1-2H3,(H,15,16). The highest BCUT2D eigenvalue weighted by Gasteiger charge is 2.14. The Morgan fingerprint density at radius 3 is 2.75 bits per heavy atom. The average Bonchev–Trinajstić information content (AvgIpc) is 2.15. The van der Waals surface area contributed by atoms with Gasteiger partial charge in [0.15, 0.2) is 0 Å². The minimum atomic E-state index is -0.901. The topological polar surface area (TPSA) is 66.3 Å². The molecule has 1 N–H and O–H groups in total. The fourth-order valence-corrected chi connectivity index (χ4v) is 1.47. The summed E-state index contributed by atoms with van der Waals surface area (Å²) >= 11 is 5.71. The number of hydrogen-bond acceptors (Lipinski definition) is 4. The highest BCUT2D eigenvalue weighted by atomic mass is 35.5. The normalized spacial score (nSPS) is 10.5. The summed E-state index contributed by atoms with van der Waals surface area (Å²) in [4.78, 5) is 20.3. The number of anilines is 1. The van der Waals surface area contributed by atoms with Gasteiger partial charge in [-0.2, -0.15) is 0 Å². The minimum Gasteiger partial charge on any atom is -0.480 e. The van der Waals surface area contributed by atoms with Gasteiger partial charge >= 0.3 is 5.97 Å². The SMILES string of the molecule is CC(C)CN(CC(=O)O)c1cncc(Cl)n1. The number of rotatable bonds is 5. The van der Waals surface area contributed by atoms with E-state index in [9.17, 15) is 4.79 Å². The molecule has 0 radical (unpaired) electrons. The molecular formula is C10H14ClN3O2. The first-order valence-corrected chi connectivity index (χ1v) is 5.31. The molecular weight excluding hydrogens is 230 g/mol. The van der Waals surface area contributed by atoms with E-state index in [2.05, 4.69) is 9.97 Å². The van der Waals surface area contributed by atoms with Crippen LogP contribution in [0, 0.1) is 5.92 Å². The van der Waals surface area contributed by atoms with Crippen LogP contribution in [-0.4, -0.2) is 34.1 Å². The molecule has 6 heteroatoms. The van der Waals surface area contributed by atoms with Crippen LogP contribution in [-0.2, 0) is 4.79 Å². The zero-order chi connectivity index (χ0) is 12.1. The molecule has 16 heavy (non-hydrogen) atoms. The number of carbonyl (C=O) groups is 1. The predicted molar refractivity (Wildman–Crippen MR) is 61.7 cm³/mol. The van der Waals surface area contributed by atoms with E-state index in [-0.39, 0.29) is 11.7 Å². The Labute approximate surface area is 99.1 Å². The van der Waals surface area contributed by atoms with E-state index in [0.29, 0.717) is 18.3 Å². The molecule has 88 valence electrons. The minimum absolute atomic E-state index is 0.104. The number of aromatic nitrogens is 2. The van der Waals surface area contributed by atoms with E-state index in [1.54, 1.807) is 4.90 Å². The molecule has 0 bridgehead atoms. The van der Waals surface area contributed by atoms with Crippen LogP contribution in [0.1, 0.15) is 13.8 Å². The molecule has 0 aliphatic heterocycles. The first-order chi connectivity index (χ1) is 7.49. The van der Waals surface area contributed by atoms with Gasteiger partial charge in [-0.1, -0.05) is 25.4 Å². The van der Waals surface area contributed by atoms with Crippen LogP contribution in [0.2, 0.25) is 5.15 Å². The van der Waals surface area contributed by atoms with Crippen molar-refractivity contribution in [1.82, 2.24) is 9.97 Å². The molecule has 1 aromatic heterocycles. The molecule has 0 saturated carbocycles. The lowest BCUT2D eigenvalue weighted by atomic mass is 10.2. The molecule has 5 nitrogen and oxygen atoms in total. The second kappa shape index (κ2) is 5.65. The number of nitrogens with zero attached hydrogens (tertiary/aromatic N) is 3. The summed E-state index contributed by atoms with van der Waals surface area (Å²) < 4.78 is 0. The molecule has 0 saturated heterocycles. The molecule has 0 aliphatic carbocycles. The third kappa shape index (κ3) is 4.02. The van der Waals surface area contributed by atoms with Gasteiger partial charge in [-0.25, -0.2) is 4.98 Å². The molecule has 0 aromatic carbocycles. The van der Waals surface area contributed by atoms with Gasteiger partial charge in [0.2, 0.25) is 0 Å². The first kappa shape index (κ1) is 12.7. The fraction of sp³-hybridized carbons (Fsp3) is 0.500. The lowest BCUT2D eigenvalue weighted by Crippen LogP contribution is -2.33. The van der Waals surface area contributed by atoms with Gasteiger partial charge in [-0.15, -0.1) is 0 Å². The summed E-state index contributed by atoms with van der Waals surface area (Å²) in [6.45, 7) is 4.51. The average molecular weight is 244 g/mol. The van der Waals surface area contributed by atoms with Gasteiger partial charge in [0, 0.05) is 6.54 Å². The Morgan fingerprint density at radius 1 is 1.56 bits per heavy atom. The van der Waals surface area contributed by atoms with Gasteiger partial charge in [0.05, 0.1) is 12.4 Å². The third-order valence-electron chi connectivity index (χ3n) is 1.83. The summed E-state index contributed by atoms with van der Waals surface area (Å²) in [5.74, 6) is -0.0776. The van der Waals surface area contributed by atoms with Gasteiger partial charge in [0.25, 0.3) is 0 Å². The first-order valence-electron chi connectivity index (χ1n) is 4.93. The molecule has 0 fully saturated rings. The molecule has 0 unspecified atom stereocenters. The van der Waals surface area contributed by atoms with Gasteiger partial charge in [0.1, 0.15) is 17.5 Å². The smallest absolute Gasteiger partial charge is 0.323 e. The summed E-state index contributed by atoms with van der Waals surface area (Å²) in [5, 5.41) is 9.07. The van der Waals surface area contributed by atoms with Crippen LogP contribution in [0.4, 0.5) is 5.82 Å². The van der Waals surface area contributed by atoms with E-state index in [1.807, 2.05) is 13.8 Å². The van der Waals surface area contributed by atoms with Crippen molar-refractivity contribution in [3.8, 4) is 0 Å². The molecule has 1 rings (SSSR count). The Balaban J connectivity index is 2.86. The highest BCUT2D eigenvalue weighted by molar-refractivity contribution is 6.29. The second-order valence-electron chi connectivity index (χ2n) is 3.87. The lowest BCUT2D eigenvalue weighted by Gasteiger charge is -2.23. The van der Waals surface area contributed by atoms with E-state index < -0.39 is 5.97 Å². The number of carboxylic acid groups (broad SMARTS) is 1. The maximum Gasteiger partial charge on any atom is 0.323 e. The van der Waals surface area contributed by atoms with E-state index in [4.69, 9.17) is 16.7 Å². The highest BCUT2D eigenvalue weighted by Crippen LogP contribution is 2.14. The number of halogens is 1. The third-order valence-corrected chi connectivity index (χ3v) is 2.01. The summed E-state index contributed by atoms with van der Waals surface area (Å²) in [5.41, 5.74) is 0. The van der Waals surface area contributed by atoms with Gasteiger partial charge in [-0.3, -0.25) is 9.78 Å². The summed E-state index contributed by atoms with van der Waals surface area (Å²) in [6.07, 6.45) is 2.93. The van der Waals surface area contributed by atoms with Gasteiger partial charge in [-0.05, 0) is 5.92 Å². The Morgan fingerprint density at radius 2 is 2.25 bits per heavy atom. The fourth-order valence-electron chi connectivity index (χ4n) is 1.33. The van der Waals surface area contributed by atoms with Crippen molar-refractivity contribution in [2.45, 2.75) is 13.8 Å². The van der Waals surface area contributed by atoms with Crippen molar-refractivity contribution in [2.24, 2.45) is 5.92 Å². The monoisotopic (exact) mass is 243 g/mol. The van der Waals surface area contributed by atoms with Crippen molar-refractivity contribution < 1.29 is 9.90 Å². The zero-order valence-corrected chi connectivity index (χ0v) is 9.98. The largest absolute Gasteiger partial charge is 0.480 e. The second-order valence-corrected chi connectivity index (χ2v) is 4.26. The Bertz CT molecular complexity index is 371. The number of carboxylic acids is 1. The van der Waals surface area contributed by atoms with E-state index >= 15 is 0 Å².